The van der Waals surface area contributed by atoms with Crippen molar-refractivity contribution in [3.63, 3.8) is 0 Å². The average Bonchev–Trinajstić information content (AvgIpc) is 1.87. The fourth-order valence-corrected chi connectivity index (χ4v) is 1.03. The molecule has 5 heteroatoms. The molecular weight excluding hydrogens is 259 g/mol. The molecule has 0 aliphatic carbocycles. The van der Waals surface area contributed by atoms with Gasteiger partial charge in [0.2, 0.25) is 0 Å². The van der Waals surface area contributed by atoms with Gasteiger partial charge in [-0.05, 0) is 0 Å². The molecule has 0 aromatic carbocycles. The van der Waals surface area contributed by atoms with Crippen LogP contribution in [0.2, 0.25) is 0 Å². The van der Waals surface area contributed by atoms with Crippen LogP contribution in [0.15, 0.2) is 0 Å². The third-order valence-corrected chi connectivity index (χ3v) is 8.46. The van der Waals surface area contributed by atoms with E-state index in [1.165, 1.54) is 0 Å². The predicted octanol–water partition coefficient (Wildman–Crippen LogP) is 1.17. The van der Waals surface area contributed by atoms with Gasteiger partial charge in [0, 0.05) is 0 Å². The zero-order valence-electron chi connectivity index (χ0n) is 5.10. The summed E-state index contributed by atoms with van der Waals surface area (Å²) in [5, 5.41) is 0. The molecule has 0 amide bonds. The van der Waals surface area contributed by atoms with E-state index in [0.717, 1.165) is 0 Å². The maximum absolute atomic E-state index is 4.97. The second kappa shape index (κ2) is 4.19. The minimum atomic E-state index is -2.66. The summed E-state index contributed by atoms with van der Waals surface area (Å²) in [6.45, 7) is 0. The molecule has 0 heterocycles. The molecule has 0 aliphatic rings. The third kappa shape index (κ3) is 2.75. The first kappa shape index (κ1) is 9.32. The van der Waals surface area contributed by atoms with E-state index >= 15 is 0 Å². The molecule has 0 saturated heterocycles. The van der Waals surface area contributed by atoms with E-state index in [1.54, 1.807) is 21.3 Å². The third-order valence-electron chi connectivity index (χ3n) is 0.731. The molecule has 8 heavy (non-hydrogen) atoms. The van der Waals surface area contributed by atoms with Crippen molar-refractivity contribution in [2.45, 2.75) is 0 Å². The molecule has 0 saturated carbocycles. The zero-order valence-corrected chi connectivity index (χ0v) is 8.82. The standard InChI is InChI=1S/3CH3O.HI.Ti/c3*1-2;;/h3*1H3;1H;/q3*-1;;+4/p-1. The topological polar surface area (TPSA) is 27.7 Å². The molecular formula is C3H9IO3Ti. The van der Waals surface area contributed by atoms with Crippen LogP contribution in [0.3, 0.4) is 0 Å². The van der Waals surface area contributed by atoms with Crippen molar-refractivity contribution in [3.05, 3.63) is 0 Å². The zero-order chi connectivity index (χ0) is 6.62. The minimum absolute atomic E-state index is 1.60. The van der Waals surface area contributed by atoms with E-state index in [0.29, 0.717) is 0 Å². The van der Waals surface area contributed by atoms with Gasteiger partial charge in [0.15, 0.2) is 0 Å². The van der Waals surface area contributed by atoms with Gasteiger partial charge in [-0.2, -0.15) is 0 Å². The van der Waals surface area contributed by atoms with Crippen molar-refractivity contribution in [2.24, 2.45) is 0 Å². The van der Waals surface area contributed by atoms with Crippen LogP contribution < -0.4 is 0 Å². The molecule has 0 aliphatic heterocycles. The van der Waals surface area contributed by atoms with Crippen LogP contribution in [-0.4, -0.2) is 21.3 Å². The van der Waals surface area contributed by atoms with Crippen LogP contribution in [0.4, 0.5) is 0 Å². The number of hydrogen-bond acceptors (Lipinski definition) is 3. The van der Waals surface area contributed by atoms with Gasteiger partial charge in [-0.1, -0.05) is 0 Å². The Balaban J connectivity index is 3.58. The first-order valence-corrected chi connectivity index (χ1v) is 8.98. The van der Waals surface area contributed by atoms with Gasteiger partial charge < -0.3 is 0 Å². The summed E-state index contributed by atoms with van der Waals surface area (Å²) < 4.78 is 14.9. The molecule has 0 radical (unpaired) electrons. The van der Waals surface area contributed by atoms with Gasteiger partial charge in [-0.25, -0.2) is 0 Å². The van der Waals surface area contributed by atoms with Gasteiger partial charge in [0.1, 0.15) is 0 Å². The summed E-state index contributed by atoms with van der Waals surface area (Å²) in [5.41, 5.74) is 0. The van der Waals surface area contributed by atoms with Crippen LogP contribution in [0.5, 0.6) is 0 Å². The Hall–Kier alpha value is 1.32. The molecule has 0 fully saturated rings. The predicted molar refractivity (Wildman–Crippen MR) is 35.0 cm³/mol. The second-order valence-corrected chi connectivity index (χ2v) is 9.96. The summed E-state index contributed by atoms with van der Waals surface area (Å²) in [5.74, 6) is 0. The first-order valence-electron chi connectivity index (χ1n) is 2.03. The Morgan fingerprint density at radius 2 is 1.25 bits per heavy atom. The van der Waals surface area contributed by atoms with Crippen LogP contribution in [0.25, 0.3) is 0 Å². The molecule has 3 nitrogen and oxygen atoms in total. The molecule has 0 N–H and O–H groups in total. The van der Waals surface area contributed by atoms with E-state index < -0.39 is 14.0 Å². The fourth-order valence-electron chi connectivity index (χ4n) is 0.250. The van der Waals surface area contributed by atoms with Crippen LogP contribution in [-0.2, 0) is 24.0 Å². The quantitative estimate of drug-likeness (QED) is 0.568. The van der Waals surface area contributed by atoms with Crippen LogP contribution >= 0.6 is 19.2 Å². The summed E-state index contributed by atoms with van der Waals surface area (Å²) >= 11 is -0.567. The van der Waals surface area contributed by atoms with E-state index in [1.807, 2.05) is 0 Å². The van der Waals surface area contributed by atoms with Gasteiger partial charge >= 0.3 is 64.5 Å². The Morgan fingerprint density at radius 3 is 1.25 bits per heavy atom. The summed E-state index contributed by atoms with van der Waals surface area (Å²) in [6.07, 6.45) is 0. The van der Waals surface area contributed by atoms with Gasteiger partial charge in [-0.3, -0.25) is 0 Å². The van der Waals surface area contributed by atoms with Crippen molar-refractivity contribution >= 4 is 19.2 Å². The molecule has 50 valence electrons. The van der Waals surface area contributed by atoms with Crippen molar-refractivity contribution in [1.82, 2.24) is 0 Å². The van der Waals surface area contributed by atoms with Crippen molar-refractivity contribution in [2.75, 3.05) is 21.3 Å². The van der Waals surface area contributed by atoms with E-state index in [-0.39, 0.29) is 0 Å². The van der Waals surface area contributed by atoms with Gasteiger partial charge in [-0.15, -0.1) is 0 Å². The number of rotatable bonds is 3. The Labute approximate surface area is 64.1 Å². The molecule has 0 rings (SSSR count). The summed E-state index contributed by atoms with van der Waals surface area (Å²) in [4.78, 5) is 0. The molecule has 0 unspecified atom stereocenters. The molecule has 0 aromatic rings. The summed E-state index contributed by atoms with van der Waals surface area (Å²) in [7, 11) is 4.79. The number of halogens is 1. The normalized spacial score (nSPS) is 12.0. The van der Waals surface area contributed by atoms with E-state index in [9.17, 15) is 0 Å². The van der Waals surface area contributed by atoms with Crippen molar-refractivity contribution in [3.8, 4) is 0 Å². The summed E-state index contributed by atoms with van der Waals surface area (Å²) in [6, 6.07) is 0. The first-order chi connectivity index (χ1) is 3.68. The van der Waals surface area contributed by atoms with Crippen LogP contribution in [0, 0.1) is 0 Å². The maximum atomic E-state index is 4.97. The molecule has 0 aromatic heterocycles. The number of hydrogen-bond donors (Lipinski definition) is 0. The van der Waals surface area contributed by atoms with Crippen molar-refractivity contribution < 1.29 is 24.0 Å². The molecule has 0 spiro atoms. The monoisotopic (exact) mass is 268 g/mol. The van der Waals surface area contributed by atoms with Crippen molar-refractivity contribution in [1.29, 1.82) is 0 Å². The average molecular weight is 268 g/mol. The Bertz CT molecular complexity index is 57.3. The fraction of sp³-hybridized carbons (Fsp3) is 1.00. The van der Waals surface area contributed by atoms with E-state index in [4.69, 9.17) is 9.96 Å². The Kier molecular flexibility index (Phi) is 4.88. The van der Waals surface area contributed by atoms with E-state index in [2.05, 4.69) is 19.2 Å². The van der Waals surface area contributed by atoms with Gasteiger partial charge in [0.25, 0.3) is 0 Å². The Morgan fingerprint density at radius 1 is 1.00 bits per heavy atom. The molecule has 0 atom stereocenters. The SMILES string of the molecule is C[O][Ti]([I])([O]C)[O]C. The van der Waals surface area contributed by atoms with Crippen LogP contribution in [0.1, 0.15) is 0 Å². The second-order valence-electron chi connectivity index (χ2n) is 1.09. The van der Waals surface area contributed by atoms with Gasteiger partial charge in [0.05, 0.1) is 0 Å². The molecule has 0 bridgehead atoms.